The summed E-state index contributed by atoms with van der Waals surface area (Å²) in [6.45, 7) is 5.66. The summed E-state index contributed by atoms with van der Waals surface area (Å²) < 4.78 is 4.85. The second-order valence-corrected chi connectivity index (χ2v) is 4.16. The second kappa shape index (κ2) is 6.51. The zero-order valence-corrected chi connectivity index (χ0v) is 11.6. The van der Waals surface area contributed by atoms with E-state index < -0.39 is 5.97 Å². The van der Waals surface area contributed by atoms with Gasteiger partial charge in [0.2, 0.25) is 0 Å². The summed E-state index contributed by atoms with van der Waals surface area (Å²) in [7, 11) is 0. The highest BCUT2D eigenvalue weighted by atomic mass is 16.5. The first-order chi connectivity index (χ1) is 10.1. The number of carbonyl (C=O) groups excluding carboxylic acids is 2. The first kappa shape index (κ1) is 14.5. The number of aromatic nitrogens is 2. The molecule has 108 valence electrons. The number of nitrogens with zero attached hydrogens (tertiary/aromatic N) is 2. The van der Waals surface area contributed by atoms with E-state index in [9.17, 15) is 9.59 Å². The molecule has 1 N–H and O–H groups in total. The van der Waals surface area contributed by atoms with Crippen molar-refractivity contribution in [1.29, 1.82) is 0 Å². The molecule has 6 heteroatoms. The molecule has 1 heterocycles. The molecule has 0 aliphatic rings. The molecule has 0 unspecified atom stereocenters. The molecule has 0 atom stereocenters. The Balaban J connectivity index is 2.09. The van der Waals surface area contributed by atoms with E-state index in [-0.39, 0.29) is 18.1 Å². The molecule has 2 rings (SSSR count). The van der Waals surface area contributed by atoms with Gasteiger partial charge in [0.25, 0.3) is 5.91 Å². The molecule has 0 bridgehead atoms. The molecule has 0 fully saturated rings. The van der Waals surface area contributed by atoms with Gasteiger partial charge in [-0.15, -0.1) is 0 Å². The topological polar surface area (TPSA) is 73.2 Å². The molecule has 0 spiro atoms. The van der Waals surface area contributed by atoms with Crippen molar-refractivity contribution in [1.82, 2.24) is 9.89 Å². The molecule has 1 aromatic heterocycles. The van der Waals surface area contributed by atoms with Crippen LogP contribution in [-0.2, 0) is 4.74 Å². The Morgan fingerprint density at radius 1 is 1.43 bits per heavy atom. The molecule has 1 amide bonds. The van der Waals surface area contributed by atoms with Gasteiger partial charge in [-0.1, -0.05) is 24.8 Å². The SMILES string of the molecule is C=Cc1cccc(C(=O)Nn2cc(C(=O)OCC)cn2)c1. The fourth-order valence-electron chi connectivity index (χ4n) is 1.68. The van der Waals surface area contributed by atoms with E-state index in [0.717, 1.165) is 5.56 Å². The lowest BCUT2D eigenvalue weighted by Crippen LogP contribution is -2.23. The minimum Gasteiger partial charge on any atom is -0.462 e. The third kappa shape index (κ3) is 3.56. The lowest BCUT2D eigenvalue weighted by molar-refractivity contribution is 0.0526. The number of hydrogen-bond acceptors (Lipinski definition) is 4. The van der Waals surface area contributed by atoms with Crippen molar-refractivity contribution in [2.45, 2.75) is 6.92 Å². The molecule has 6 nitrogen and oxygen atoms in total. The summed E-state index contributed by atoms with van der Waals surface area (Å²) in [5.74, 6) is -0.816. The third-order valence-corrected chi connectivity index (χ3v) is 2.69. The second-order valence-electron chi connectivity index (χ2n) is 4.16. The van der Waals surface area contributed by atoms with Crippen LogP contribution in [0.25, 0.3) is 6.08 Å². The molecule has 0 aliphatic carbocycles. The predicted molar refractivity (Wildman–Crippen MR) is 78.4 cm³/mol. The normalized spacial score (nSPS) is 9.95. The van der Waals surface area contributed by atoms with E-state index in [4.69, 9.17) is 4.74 Å². The Hall–Kier alpha value is -2.89. The predicted octanol–water partition coefficient (Wildman–Crippen LogP) is 2.09. The standard InChI is InChI=1S/C15H15N3O3/c1-3-11-6-5-7-12(8-11)14(19)17-18-10-13(9-16-18)15(20)21-4-2/h3,5-10H,1,4H2,2H3,(H,17,19). The minimum absolute atomic E-state index is 0.275. The van der Waals surface area contributed by atoms with E-state index in [1.165, 1.54) is 17.2 Å². The van der Waals surface area contributed by atoms with Crippen LogP contribution in [0.3, 0.4) is 0 Å². The highest BCUT2D eigenvalue weighted by Crippen LogP contribution is 2.07. The Labute approximate surface area is 122 Å². The Kier molecular flexibility index (Phi) is 4.50. The molecular formula is C15H15N3O3. The maximum absolute atomic E-state index is 12.1. The number of amides is 1. The molecule has 21 heavy (non-hydrogen) atoms. The molecule has 0 radical (unpaired) electrons. The number of carbonyl (C=O) groups is 2. The molecule has 0 aliphatic heterocycles. The van der Waals surface area contributed by atoms with Crippen LogP contribution in [0.15, 0.2) is 43.2 Å². The molecule has 1 aromatic carbocycles. The zero-order valence-electron chi connectivity index (χ0n) is 11.6. The molecule has 0 saturated heterocycles. The number of benzene rings is 1. The number of esters is 1. The van der Waals surface area contributed by atoms with Gasteiger partial charge in [0.15, 0.2) is 0 Å². The average Bonchev–Trinajstić information content (AvgIpc) is 2.96. The number of nitrogens with one attached hydrogen (secondary N) is 1. The van der Waals surface area contributed by atoms with Gasteiger partial charge in [-0.25, -0.2) is 10.2 Å². The highest BCUT2D eigenvalue weighted by Gasteiger charge is 2.11. The summed E-state index contributed by atoms with van der Waals surface area (Å²) in [6.07, 6.45) is 4.38. The maximum Gasteiger partial charge on any atom is 0.341 e. The first-order valence-corrected chi connectivity index (χ1v) is 6.39. The molecule has 2 aromatic rings. The molecular weight excluding hydrogens is 270 g/mol. The minimum atomic E-state index is -0.480. The van der Waals surface area contributed by atoms with Crippen LogP contribution in [0.2, 0.25) is 0 Å². The first-order valence-electron chi connectivity index (χ1n) is 6.39. The largest absolute Gasteiger partial charge is 0.462 e. The summed E-state index contributed by atoms with van der Waals surface area (Å²) in [5.41, 5.74) is 4.14. The Morgan fingerprint density at radius 2 is 2.24 bits per heavy atom. The van der Waals surface area contributed by atoms with Crippen molar-refractivity contribution in [3.05, 3.63) is 59.9 Å². The van der Waals surface area contributed by atoms with Crippen molar-refractivity contribution < 1.29 is 14.3 Å². The van der Waals surface area contributed by atoms with Crippen LogP contribution in [0.5, 0.6) is 0 Å². The summed E-state index contributed by atoms with van der Waals surface area (Å²) in [5, 5.41) is 3.89. The van der Waals surface area contributed by atoms with Crippen LogP contribution < -0.4 is 5.43 Å². The van der Waals surface area contributed by atoms with Gasteiger partial charge in [-0.05, 0) is 24.6 Å². The molecule has 0 saturated carbocycles. The van der Waals surface area contributed by atoms with Crippen molar-refractivity contribution in [2.24, 2.45) is 0 Å². The van der Waals surface area contributed by atoms with Gasteiger partial charge < -0.3 is 4.74 Å². The fraction of sp³-hybridized carbons (Fsp3) is 0.133. The third-order valence-electron chi connectivity index (χ3n) is 2.69. The monoisotopic (exact) mass is 285 g/mol. The summed E-state index contributed by atoms with van der Waals surface area (Å²) in [4.78, 5) is 24.7. The Bertz CT molecular complexity index is 676. The van der Waals surface area contributed by atoms with Gasteiger partial charge in [-0.3, -0.25) is 4.79 Å². The van der Waals surface area contributed by atoms with E-state index in [1.54, 1.807) is 31.2 Å². The van der Waals surface area contributed by atoms with Crippen LogP contribution in [0.1, 0.15) is 33.2 Å². The van der Waals surface area contributed by atoms with Crippen molar-refractivity contribution >= 4 is 18.0 Å². The van der Waals surface area contributed by atoms with Crippen molar-refractivity contribution in [2.75, 3.05) is 12.0 Å². The summed E-state index contributed by atoms with van der Waals surface area (Å²) >= 11 is 0. The lowest BCUT2D eigenvalue weighted by Gasteiger charge is -2.05. The zero-order chi connectivity index (χ0) is 15.2. The number of hydrogen-bond donors (Lipinski definition) is 1. The van der Waals surface area contributed by atoms with E-state index >= 15 is 0 Å². The van der Waals surface area contributed by atoms with E-state index in [1.807, 2.05) is 6.07 Å². The highest BCUT2D eigenvalue weighted by molar-refractivity contribution is 6.00. The van der Waals surface area contributed by atoms with Crippen LogP contribution >= 0.6 is 0 Å². The lowest BCUT2D eigenvalue weighted by atomic mass is 10.1. The van der Waals surface area contributed by atoms with Crippen LogP contribution in [-0.4, -0.2) is 28.4 Å². The van der Waals surface area contributed by atoms with Gasteiger partial charge in [0, 0.05) is 5.56 Å². The fourth-order valence-corrected chi connectivity index (χ4v) is 1.68. The van der Waals surface area contributed by atoms with Crippen LogP contribution in [0.4, 0.5) is 0 Å². The summed E-state index contributed by atoms with van der Waals surface area (Å²) in [6, 6.07) is 6.99. The van der Waals surface area contributed by atoms with Gasteiger partial charge >= 0.3 is 5.97 Å². The van der Waals surface area contributed by atoms with Gasteiger partial charge in [0.1, 0.15) is 0 Å². The number of ether oxygens (including phenoxy) is 1. The Morgan fingerprint density at radius 3 is 2.95 bits per heavy atom. The van der Waals surface area contributed by atoms with E-state index in [0.29, 0.717) is 5.56 Å². The van der Waals surface area contributed by atoms with Crippen LogP contribution in [0, 0.1) is 0 Å². The quantitative estimate of drug-likeness (QED) is 0.854. The average molecular weight is 285 g/mol. The maximum atomic E-state index is 12.1. The smallest absolute Gasteiger partial charge is 0.341 e. The van der Waals surface area contributed by atoms with Gasteiger partial charge in [0.05, 0.1) is 24.6 Å². The number of rotatable bonds is 5. The van der Waals surface area contributed by atoms with Crippen molar-refractivity contribution in [3.8, 4) is 0 Å². The van der Waals surface area contributed by atoms with E-state index in [2.05, 4.69) is 17.1 Å². The van der Waals surface area contributed by atoms with Crippen molar-refractivity contribution in [3.63, 3.8) is 0 Å². The van der Waals surface area contributed by atoms with Gasteiger partial charge in [-0.2, -0.15) is 9.89 Å².